The summed E-state index contributed by atoms with van der Waals surface area (Å²) in [4.78, 5) is 22.1. The van der Waals surface area contributed by atoms with Crippen LogP contribution in [0.5, 0.6) is 0 Å². The number of nitro groups is 1. The molecule has 1 aliphatic carbocycles. The van der Waals surface area contributed by atoms with Crippen LogP contribution in [-0.4, -0.2) is 22.5 Å². The first-order valence-electron chi connectivity index (χ1n) is 5.31. The molecule has 6 nitrogen and oxygen atoms in total. The number of hydrogen-bond acceptors (Lipinski definition) is 4. The minimum atomic E-state index is -0.726. The summed E-state index contributed by atoms with van der Waals surface area (Å²) in [7, 11) is 0. The molecular formula is C11H10N2O4. The Bertz CT molecular complexity index is 542. The predicted molar refractivity (Wildman–Crippen MR) is 58.6 cm³/mol. The molecule has 3 rings (SSSR count). The van der Waals surface area contributed by atoms with E-state index in [0.717, 1.165) is 0 Å². The van der Waals surface area contributed by atoms with Crippen LogP contribution in [0.3, 0.4) is 0 Å². The van der Waals surface area contributed by atoms with Gasteiger partial charge in [-0.15, -0.1) is 0 Å². The van der Waals surface area contributed by atoms with Gasteiger partial charge in [-0.3, -0.25) is 14.9 Å². The molecule has 0 saturated heterocycles. The van der Waals surface area contributed by atoms with Gasteiger partial charge in [-0.1, -0.05) is 0 Å². The Morgan fingerprint density at radius 2 is 2.35 bits per heavy atom. The van der Waals surface area contributed by atoms with E-state index in [1.807, 2.05) is 0 Å². The molecule has 1 aromatic rings. The van der Waals surface area contributed by atoms with Crippen molar-refractivity contribution in [2.45, 2.75) is 11.8 Å². The van der Waals surface area contributed by atoms with E-state index in [1.54, 1.807) is 6.07 Å². The van der Waals surface area contributed by atoms with Crippen LogP contribution in [0.1, 0.15) is 12.0 Å². The highest BCUT2D eigenvalue weighted by Gasteiger charge is 2.64. The summed E-state index contributed by atoms with van der Waals surface area (Å²) in [5, 5.41) is 22.6. The highest BCUT2D eigenvalue weighted by atomic mass is 16.6. The highest BCUT2D eigenvalue weighted by Crippen LogP contribution is 2.60. The molecule has 1 aliphatic heterocycles. The van der Waals surface area contributed by atoms with Gasteiger partial charge in [0.2, 0.25) is 5.91 Å². The van der Waals surface area contributed by atoms with Gasteiger partial charge >= 0.3 is 0 Å². The second kappa shape index (κ2) is 3.04. The van der Waals surface area contributed by atoms with Crippen molar-refractivity contribution >= 4 is 17.3 Å². The molecule has 0 aromatic heterocycles. The van der Waals surface area contributed by atoms with Gasteiger partial charge in [-0.2, -0.15) is 0 Å². The van der Waals surface area contributed by atoms with E-state index in [0.29, 0.717) is 17.7 Å². The number of carbonyl (C=O) groups is 1. The van der Waals surface area contributed by atoms with E-state index in [-0.39, 0.29) is 24.1 Å². The Balaban J connectivity index is 2.12. The first-order valence-corrected chi connectivity index (χ1v) is 5.31. The lowest BCUT2D eigenvalue weighted by atomic mass is 9.94. The van der Waals surface area contributed by atoms with Crippen molar-refractivity contribution < 1.29 is 14.8 Å². The lowest BCUT2D eigenvalue weighted by Crippen LogP contribution is -2.22. The fourth-order valence-electron chi connectivity index (χ4n) is 2.64. The number of aliphatic hydroxyl groups excluding tert-OH is 1. The van der Waals surface area contributed by atoms with E-state index >= 15 is 0 Å². The minimum Gasteiger partial charge on any atom is -0.396 e. The number of nitrogens with zero attached hydrogens (tertiary/aromatic N) is 1. The molecule has 6 heteroatoms. The summed E-state index contributed by atoms with van der Waals surface area (Å²) in [6.45, 7) is -0.0739. The number of rotatable bonds is 2. The van der Waals surface area contributed by atoms with Crippen molar-refractivity contribution in [3.63, 3.8) is 0 Å². The molecule has 1 aromatic carbocycles. The molecule has 1 heterocycles. The second-order valence-electron chi connectivity index (χ2n) is 4.50. The molecule has 2 N–H and O–H groups in total. The average molecular weight is 234 g/mol. The zero-order chi connectivity index (χ0) is 12.2. The van der Waals surface area contributed by atoms with Gasteiger partial charge in [-0.25, -0.2) is 0 Å². The van der Waals surface area contributed by atoms with Gasteiger partial charge in [-0.05, 0) is 18.1 Å². The first-order chi connectivity index (χ1) is 8.09. The van der Waals surface area contributed by atoms with Crippen LogP contribution in [0.15, 0.2) is 18.2 Å². The molecule has 0 bridgehead atoms. The smallest absolute Gasteiger partial charge is 0.269 e. The standard InChI is InChI=1S/C11H10N2O4/c14-5-6-4-11(6)8-3-7(13(16)17)1-2-9(8)12-10(11)15/h1-3,6,14H,4-5H2,(H,12,15)/t6-,11+/m0/s1. The number of aliphatic hydroxyl groups is 1. The molecule has 2 aliphatic rings. The Morgan fingerprint density at radius 1 is 1.59 bits per heavy atom. The van der Waals surface area contributed by atoms with Crippen LogP contribution >= 0.6 is 0 Å². The quantitative estimate of drug-likeness (QED) is 0.584. The molecule has 0 unspecified atom stereocenters. The highest BCUT2D eigenvalue weighted by molar-refractivity contribution is 6.09. The van der Waals surface area contributed by atoms with Gasteiger partial charge in [0, 0.05) is 30.3 Å². The number of nitrogens with one attached hydrogen (secondary N) is 1. The van der Waals surface area contributed by atoms with Gasteiger partial charge in [0.05, 0.1) is 10.3 Å². The van der Waals surface area contributed by atoms with E-state index in [1.165, 1.54) is 12.1 Å². The number of anilines is 1. The van der Waals surface area contributed by atoms with Crippen LogP contribution in [0.25, 0.3) is 0 Å². The van der Waals surface area contributed by atoms with Crippen LogP contribution in [0.2, 0.25) is 0 Å². The Hall–Kier alpha value is -1.95. The van der Waals surface area contributed by atoms with Gasteiger partial charge in [0.1, 0.15) is 0 Å². The average Bonchev–Trinajstić information content (AvgIpc) is 2.97. The number of amides is 1. The molecule has 1 fully saturated rings. The van der Waals surface area contributed by atoms with Gasteiger partial charge < -0.3 is 10.4 Å². The zero-order valence-corrected chi connectivity index (χ0v) is 8.84. The third kappa shape index (κ3) is 1.15. The molecule has 1 spiro atoms. The molecule has 0 radical (unpaired) electrons. The Kier molecular flexibility index (Phi) is 1.83. The van der Waals surface area contributed by atoms with E-state index < -0.39 is 10.3 Å². The topological polar surface area (TPSA) is 92.5 Å². The van der Waals surface area contributed by atoms with Crippen LogP contribution in [0, 0.1) is 16.0 Å². The van der Waals surface area contributed by atoms with Crippen molar-refractivity contribution in [2.75, 3.05) is 11.9 Å². The molecule has 1 amide bonds. The fraction of sp³-hybridized carbons (Fsp3) is 0.364. The van der Waals surface area contributed by atoms with Gasteiger partial charge in [0.25, 0.3) is 5.69 Å². The third-order valence-electron chi connectivity index (χ3n) is 3.67. The summed E-state index contributed by atoms with van der Waals surface area (Å²) < 4.78 is 0. The third-order valence-corrected chi connectivity index (χ3v) is 3.67. The van der Waals surface area contributed by atoms with E-state index in [9.17, 15) is 14.9 Å². The molecule has 88 valence electrons. The van der Waals surface area contributed by atoms with Crippen LogP contribution in [0.4, 0.5) is 11.4 Å². The number of fused-ring (bicyclic) bond motifs is 2. The maximum absolute atomic E-state index is 11.9. The van der Waals surface area contributed by atoms with E-state index in [2.05, 4.69) is 5.32 Å². The zero-order valence-electron chi connectivity index (χ0n) is 8.84. The monoisotopic (exact) mass is 234 g/mol. The SMILES string of the molecule is O=C1Nc2ccc([N+](=O)[O-])cc2[C@]12C[C@H]2CO. The molecule has 17 heavy (non-hydrogen) atoms. The van der Waals surface area contributed by atoms with Crippen molar-refractivity contribution in [2.24, 2.45) is 5.92 Å². The Labute approximate surface area is 96.4 Å². The summed E-state index contributed by atoms with van der Waals surface area (Å²) in [5.41, 5.74) is 0.520. The van der Waals surface area contributed by atoms with Crippen molar-refractivity contribution in [3.8, 4) is 0 Å². The molecule has 1 saturated carbocycles. The molecular weight excluding hydrogens is 224 g/mol. The van der Waals surface area contributed by atoms with Crippen LogP contribution < -0.4 is 5.32 Å². The maximum Gasteiger partial charge on any atom is 0.269 e. The fourth-order valence-corrected chi connectivity index (χ4v) is 2.64. The summed E-state index contributed by atoms with van der Waals surface area (Å²) >= 11 is 0. The molecule has 2 atom stereocenters. The largest absolute Gasteiger partial charge is 0.396 e. The number of nitro benzene ring substituents is 1. The van der Waals surface area contributed by atoms with Gasteiger partial charge in [0.15, 0.2) is 0 Å². The number of non-ortho nitro benzene ring substituents is 1. The Morgan fingerprint density at radius 3 is 2.94 bits per heavy atom. The normalized spacial score (nSPS) is 29.0. The van der Waals surface area contributed by atoms with Crippen molar-refractivity contribution in [1.82, 2.24) is 0 Å². The lowest BCUT2D eigenvalue weighted by molar-refractivity contribution is -0.384. The van der Waals surface area contributed by atoms with Crippen molar-refractivity contribution in [1.29, 1.82) is 0 Å². The second-order valence-corrected chi connectivity index (χ2v) is 4.50. The van der Waals surface area contributed by atoms with E-state index in [4.69, 9.17) is 5.11 Å². The lowest BCUT2D eigenvalue weighted by Gasteiger charge is -2.06. The number of hydrogen-bond donors (Lipinski definition) is 2. The number of benzene rings is 1. The summed E-state index contributed by atoms with van der Waals surface area (Å²) in [6.07, 6.45) is 0.559. The first kappa shape index (κ1) is 10.2. The summed E-state index contributed by atoms with van der Waals surface area (Å²) in [6, 6.07) is 4.35. The van der Waals surface area contributed by atoms with Crippen molar-refractivity contribution in [3.05, 3.63) is 33.9 Å². The predicted octanol–water partition coefficient (Wildman–Crippen LogP) is 0.797. The number of carbonyl (C=O) groups excluding carboxylic acids is 1. The summed E-state index contributed by atoms with van der Waals surface area (Å²) in [5.74, 6) is -0.280. The maximum atomic E-state index is 11.9. The van der Waals surface area contributed by atoms with Crippen LogP contribution in [-0.2, 0) is 10.2 Å². The minimum absolute atomic E-state index is 0.0248.